The Kier molecular flexibility index (Phi) is 16.4. The van der Waals surface area contributed by atoms with E-state index in [1.165, 1.54) is 0 Å². The second-order valence-electron chi connectivity index (χ2n) is 2.42. The highest BCUT2D eigenvalue weighted by Crippen LogP contribution is 1.97. The van der Waals surface area contributed by atoms with Gasteiger partial charge in [-0.2, -0.15) is 0 Å². The lowest BCUT2D eigenvalue weighted by Gasteiger charge is -1.99. The largest absolute Gasteiger partial charge is 0.377 e. The Bertz CT molecular complexity index is 166. The number of ether oxygens (including phenoxy) is 1. The summed E-state index contributed by atoms with van der Waals surface area (Å²) >= 11 is 0. The van der Waals surface area contributed by atoms with Gasteiger partial charge in [0.05, 0.1) is 6.61 Å². The molecule has 1 heteroatoms. The number of hydrogen-bond acceptors (Lipinski definition) is 1. The van der Waals surface area contributed by atoms with E-state index in [-0.39, 0.29) is 0 Å². The topological polar surface area (TPSA) is 9.23 Å². The molecule has 0 saturated heterocycles. The average Bonchev–Trinajstić information content (AvgIpc) is 2.26. The van der Waals surface area contributed by atoms with Crippen molar-refractivity contribution in [2.75, 3.05) is 13.2 Å². The first kappa shape index (κ1) is 15.6. The zero-order chi connectivity index (χ0) is 11.2. The maximum Gasteiger partial charge on any atom is 0.0716 e. The van der Waals surface area contributed by atoms with Crippen LogP contribution in [-0.4, -0.2) is 13.2 Å². The summed E-state index contributed by atoms with van der Waals surface area (Å²) in [5, 5.41) is 0. The Labute approximate surface area is 89.2 Å². The molecule has 0 aliphatic carbocycles. The van der Waals surface area contributed by atoms with Gasteiger partial charge in [0.2, 0.25) is 0 Å². The van der Waals surface area contributed by atoms with Gasteiger partial charge in [-0.15, -0.1) is 0 Å². The van der Waals surface area contributed by atoms with Gasteiger partial charge in [0.1, 0.15) is 0 Å². The third-order valence-corrected chi connectivity index (χ3v) is 1.42. The second kappa shape index (κ2) is 14.7. The Morgan fingerprint density at radius 2 is 1.93 bits per heavy atom. The average molecular weight is 196 g/mol. The Hall–Kier alpha value is -0.820. The maximum atomic E-state index is 5.24. The first-order valence-corrected chi connectivity index (χ1v) is 5.41. The SMILES string of the molecule is C=C/C(=C\C=C/CC)COCC.CC. The molecule has 0 heterocycles. The van der Waals surface area contributed by atoms with E-state index in [4.69, 9.17) is 4.74 Å². The van der Waals surface area contributed by atoms with Crippen molar-refractivity contribution in [3.05, 3.63) is 36.5 Å². The molecule has 14 heavy (non-hydrogen) atoms. The number of allylic oxidation sites excluding steroid dienone is 3. The van der Waals surface area contributed by atoms with Gasteiger partial charge in [0, 0.05) is 6.61 Å². The monoisotopic (exact) mass is 196 g/mol. The first-order chi connectivity index (χ1) is 6.85. The molecule has 0 aromatic rings. The van der Waals surface area contributed by atoms with Crippen LogP contribution in [0.2, 0.25) is 0 Å². The fraction of sp³-hybridized carbons (Fsp3) is 0.538. The van der Waals surface area contributed by atoms with Crippen molar-refractivity contribution in [2.24, 2.45) is 0 Å². The van der Waals surface area contributed by atoms with Crippen LogP contribution in [0, 0.1) is 0 Å². The normalized spacial score (nSPS) is 11.0. The lowest BCUT2D eigenvalue weighted by Crippen LogP contribution is -1.94. The molecule has 0 rings (SSSR count). The van der Waals surface area contributed by atoms with E-state index in [1.54, 1.807) is 0 Å². The fourth-order valence-corrected chi connectivity index (χ4v) is 0.723. The van der Waals surface area contributed by atoms with Crippen LogP contribution in [-0.2, 0) is 4.74 Å². The summed E-state index contributed by atoms with van der Waals surface area (Å²) in [7, 11) is 0. The highest BCUT2D eigenvalue weighted by molar-refractivity contribution is 5.22. The first-order valence-electron chi connectivity index (χ1n) is 5.41. The molecular weight excluding hydrogens is 172 g/mol. The van der Waals surface area contributed by atoms with E-state index in [0.717, 1.165) is 18.6 Å². The molecule has 0 fully saturated rings. The Morgan fingerprint density at radius 1 is 1.29 bits per heavy atom. The summed E-state index contributed by atoms with van der Waals surface area (Å²) in [6.45, 7) is 13.2. The molecule has 0 spiro atoms. The fourth-order valence-electron chi connectivity index (χ4n) is 0.723. The quantitative estimate of drug-likeness (QED) is 0.580. The van der Waals surface area contributed by atoms with Crippen LogP contribution < -0.4 is 0 Å². The zero-order valence-electron chi connectivity index (χ0n) is 10.0. The molecule has 0 atom stereocenters. The minimum absolute atomic E-state index is 0.661. The molecule has 0 bridgehead atoms. The maximum absolute atomic E-state index is 5.24. The molecular formula is C13H24O. The van der Waals surface area contributed by atoms with Gasteiger partial charge in [0.15, 0.2) is 0 Å². The molecule has 0 aliphatic rings. The highest BCUT2D eigenvalue weighted by atomic mass is 16.5. The molecule has 0 radical (unpaired) electrons. The van der Waals surface area contributed by atoms with Gasteiger partial charge in [-0.05, 0) is 18.9 Å². The second-order valence-corrected chi connectivity index (χ2v) is 2.42. The van der Waals surface area contributed by atoms with Crippen molar-refractivity contribution in [1.82, 2.24) is 0 Å². The lowest BCUT2D eigenvalue weighted by atomic mass is 10.2. The van der Waals surface area contributed by atoms with Gasteiger partial charge >= 0.3 is 0 Å². The van der Waals surface area contributed by atoms with Crippen molar-refractivity contribution in [3.8, 4) is 0 Å². The van der Waals surface area contributed by atoms with Crippen LogP contribution >= 0.6 is 0 Å². The van der Waals surface area contributed by atoms with Gasteiger partial charge in [-0.3, -0.25) is 0 Å². The van der Waals surface area contributed by atoms with Crippen molar-refractivity contribution < 1.29 is 4.74 Å². The molecule has 0 amide bonds. The summed E-state index contributed by atoms with van der Waals surface area (Å²) in [5.74, 6) is 0. The van der Waals surface area contributed by atoms with Crippen LogP contribution in [0.15, 0.2) is 36.5 Å². The molecule has 0 unspecified atom stereocenters. The van der Waals surface area contributed by atoms with Crippen LogP contribution in [0.5, 0.6) is 0 Å². The predicted molar refractivity (Wildman–Crippen MR) is 65.6 cm³/mol. The van der Waals surface area contributed by atoms with Crippen LogP contribution in [0.25, 0.3) is 0 Å². The van der Waals surface area contributed by atoms with Crippen molar-refractivity contribution in [2.45, 2.75) is 34.1 Å². The molecule has 0 aliphatic heterocycles. The summed E-state index contributed by atoms with van der Waals surface area (Å²) in [4.78, 5) is 0. The minimum atomic E-state index is 0.661. The van der Waals surface area contributed by atoms with E-state index < -0.39 is 0 Å². The van der Waals surface area contributed by atoms with E-state index in [2.05, 4.69) is 19.6 Å². The predicted octanol–water partition coefficient (Wildman–Crippen LogP) is 4.13. The summed E-state index contributed by atoms with van der Waals surface area (Å²) in [6, 6.07) is 0. The van der Waals surface area contributed by atoms with E-state index >= 15 is 0 Å². The number of rotatable bonds is 6. The molecule has 0 N–H and O–H groups in total. The number of hydrogen-bond donors (Lipinski definition) is 0. The Morgan fingerprint density at radius 3 is 2.36 bits per heavy atom. The van der Waals surface area contributed by atoms with Gasteiger partial charge in [0.25, 0.3) is 0 Å². The highest BCUT2D eigenvalue weighted by Gasteiger charge is 1.87. The van der Waals surface area contributed by atoms with E-state index in [9.17, 15) is 0 Å². The van der Waals surface area contributed by atoms with Crippen LogP contribution in [0.3, 0.4) is 0 Å². The standard InChI is InChI=1S/C11H18O.C2H6/c1-4-7-8-9-11(5-2)10-12-6-3;1-2/h5,7-9H,2,4,6,10H2,1,3H3;1-2H3/b8-7-,11-9+;. The molecule has 0 saturated carbocycles. The van der Waals surface area contributed by atoms with Crippen LogP contribution in [0.1, 0.15) is 34.1 Å². The summed E-state index contributed by atoms with van der Waals surface area (Å²) in [6.07, 6.45) is 9.07. The van der Waals surface area contributed by atoms with E-state index in [0.29, 0.717) is 6.61 Å². The van der Waals surface area contributed by atoms with Gasteiger partial charge in [-0.1, -0.05) is 51.7 Å². The van der Waals surface area contributed by atoms with Gasteiger partial charge < -0.3 is 4.74 Å². The van der Waals surface area contributed by atoms with Crippen molar-refractivity contribution in [1.29, 1.82) is 0 Å². The van der Waals surface area contributed by atoms with E-state index in [1.807, 2.05) is 39.0 Å². The third-order valence-electron chi connectivity index (χ3n) is 1.42. The molecule has 0 aromatic heterocycles. The smallest absolute Gasteiger partial charge is 0.0716 e. The van der Waals surface area contributed by atoms with Crippen molar-refractivity contribution in [3.63, 3.8) is 0 Å². The van der Waals surface area contributed by atoms with Crippen LogP contribution in [0.4, 0.5) is 0 Å². The van der Waals surface area contributed by atoms with Crippen molar-refractivity contribution >= 4 is 0 Å². The lowest BCUT2D eigenvalue weighted by molar-refractivity contribution is 0.173. The molecule has 1 nitrogen and oxygen atoms in total. The third kappa shape index (κ3) is 11.2. The Balaban J connectivity index is 0. The molecule has 82 valence electrons. The zero-order valence-corrected chi connectivity index (χ0v) is 10.0. The van der Waals surface area contributed by atoms with Gasteiger partial charge in [-0.25, -0.2) is 0 Å². The molecule has 0 aromatic carbocycles. The minimum Gasteiger partial charge on any atom is -0.377 e. The summed E-state index contributed by atoms with van der Waals surface area (Å²) in [5.41, 5.74) is 1.13. The summed E-state index contributed by atoms with van der Waals surface area (Å²) < 4.78 is 5.24.